The SMILES string of the molecule is O=C1c2cccc(Oc3ccccc3)c2C(=O)N1c1ccccc1. The van der Waals surface area contributed by atoms with E-state index >= 15 is 0 Å². The molecule has 1 aliphatic rings. The topological polar surface area (TPSA) is 46.6 Å². The summed E-state index contributed by atoms with van der Waals surface area (Å²) in [5.41, 5.74) is 1.21. The molecule has 4 nitrogen and oxygen atoms in total. The number of carbonyl (C=O) groups is 2. The maximum Gasteiger partial charge on any atom is 0.269 e. The van der Waals surface area contributed by atoms with Crippen LogP contribution in [0, 0.1) is 0 Å². The van der Waals surface area contributed by atoms with Gasteiger partial charge in [-0.3, -0.25) is 9.59 Å². The number of ether oxygens (including phenoxy) is 1. The number of imide groups is 1. The molecule has 4 heteroatoms. The predicted molar refractivity (Wildman–Crippen MR) is 90.5 cm³/mol. The number of nitrogens with zero attached hydrogens (tertiary/aromatic N) is 1. The monoisotopic (exact) mass is 315 g/mol. The largest absolute Gasteiger partial charge is 0.457 e. The molecule has 0 radical (unpaired) electrons. The van der Waals surface area contributed by atoms with Crippen molar-refractivity contribution in [3.8, 4) is 11.5 Å². The van der Waals surface area contributed by atoms with Gasteiger partial charge in [-0.1, -0.05) is 42.5 Å². The molecule has 2 amide bonds. The van der Waals surface area contributed by atoms with Crippen molar-refractivity contribution in [2.45, 2.75) is 0 Å². The molecule has 3 aromatic carbocycles. The molecular weight excluding hydrogens is 302 g/mol. The minimum Gasteiger partial charge on any atom is -0.457 e. The quantitative estimate of drug-likeness (QED) is 0.678. The number of para-hydroxylation sites is 2. The summed E-state index contributed by atoms with van der Waals surface area (Å²) in [5.74, 6) is 0.298. The fraction of sp³-hybridized carbons (Fsp3) is 0. The first-order chi connectivity index (χ1) is 11.8. The number of anilines is 1. The molecule has 1 aliphatic heterocycles. The van der Waals surface area contributed by atoms with E-state index in [0.717, 1.165) is 0 Å². The fourth-order valence-corrected chi connectivity index (χ4v) is 2.77. The summed E-state index contributed by atoms with van der Waals surface area (Å²) in [6.45, 7) is 0. The third kappa shape index (κ3) is 2.25. The molecule has 0 aromatic heterocycles. The summed E-state index contributed by atoms with van der Waals surface area (Å²) < 4.78 is 5.82. The summed E-state index contributed by atoms with van der Waals surface area (Å²) in [7, 11) is 0. The van der Waals surface area contributed by atoms with Crippen LogP contribution in [0.4, 0.5) is 5.69 Å². The zero-order chi connectivity index (χ0) is 16.5. The molecule has 3 aromatic rings. The molecule has 0 spiro atoms. The van der Waals surface area contributed by atoms with Gasteiger partial charge in [-0.15, -0.1) is 0 Å². The third-order valence-corrected chi connectivity index (χ3v) is 3.86. The molecule has 4 rings (SSSR count). The normalized spacial score (nSPS) is 13.1. The zero-order valence-electron chi connectivity index (χ0n) is 12.7. The van der Waals surface area contributed by atoms with Gasteiger partial charge >= 0.3 is 0 Å². The highest BCUT2D eigenvalue weighted by Gasteiger charge is 2.39. The van der Waals surface area contributed by atoms with Crippen LogP contribution in [0.3, 0.4) is 0 Å². The molecule has 24 heavy (non-hydrogen) atoms. The van der Waals surface area contributed by atoms with Crippen molar-refractivity contribution < 1.29 is 14.3 Å². The lowest BCUT2D eigenvalue weighted by molar-refractivity contribution is 0.0925. The number of hydrogen-bond donors (Lipinski definition) is 0. The van der Waals surface area contributed by atoms with E-state index in [1.807, 2.05) is 24.3 Å². The molecular formula is C20H13NO3. The summed E-state index contributed by atoms with van der Waals surface area (Å²) in [6, 6.07) is 23.1. The van der Waals surface area contributed by atoms with Gasteiger partial charge in [0.05, 0.1) is 16.8 Å². The Kier molecular flexibility index (Phi) is 3.35. The predicted octanol–water partition coefficient (Wildman–Crippen LogP) is 4.28. The Hall–Kier alpha value is -3.40. The smallest absolute Gasteiger partial charge is 0.269 e. The third-order valence-electron chi connectivity index (χ3n) is 3.86. The Morgan fingerprint density at radius 2 is 1.33 bits per heavy atom. The Labute approximate surface area is 138 Å². The Morgan fingerprint density at radius 1 is 0.667 bits per heavy atom. The average molecular weight is 315 g/mol. The number of fused-ring (bicyclic) bond motifs is 1. The molecule has 0 saturated carbocycles. The average Bonchev–Trinajstić information content (AvgIpc) is 2.88. The molecule has 116 valence electrons. The van der Waals surface area contributed by atoms with E-state index in [1.54, 1.807) is 54.6 Å². The van der Waals surface area contributed by atoms with Crippen LogP contribution in [0.5, 0.6) is 11.5 Å². The van der Waals surface area contributed by atoms with E-state index in [9.17, 15) is 9.59 Å². The van der Waals surface area contributed by atoms with Gasteiger partial charge in [-0.05, 0) is 36.4 Å². The van der Waals surface area contributed by atoms with Gasteiger partial charge < -0.3 is 4.74 Å². The van der Waals surface area contributed by atoms with Crippen molar-refractivity contribution in [3.63, 3.8) is 0 Å². The van der Waals surface area contributed by atoms with Crippen molar-refractivity contribution in [2.75, 3.05) is 4.90 Å². The summed E-state index contributed by atoms with van der Waals surface area (Å²) in [4.78, 5) is 26.7. The zero-order valence-corrected chi connectivity index (χ0v) is 12.7. The molecule has 0 N–H and O–H groups in total. The van der Waals surface area contributed by atoms with Crippen LogP contribution in [0.25, 0.3) is 0 Å². The van der Waals surface area contributed by atoms with Gasteiger partial charge in [-0.2, -0.15) is 0 Å². The Bertz CT molecular complexity index is 920. The molecule has 0 aliphatic carbocycles. The highest BCUT2D eigenvalue weighted by Crippen LogP contribution is 2.35. The number of rotatable bonds is 3. The first-order valence-electron chi connectivity index (χ1n) is 7.55. The molecule has 0 atom stereocenters. The van der Waals surface area contributed by atoms with Crippen molar-refractivity contribution in [2.24, 2.45) is 0 Å². The van der Waals surface area contributed by atoms with E-state index < -0.39 is 0 Å². The van der Waals surface area contributed by atoms with Crippen molar-refractivity contribution >= 4 is 17.5 Å². The lowest BCUT2D eigenvalue weighted by atomic mass is 10.1. The molecule has 0 unspecified atom stereocenters. The van der Waals surface area contributed by atoms with Crippen molar-refractivity contribution in [1.82, 2.24) is 0 Å². The van der Waals surface area contributed by atoms with Crippen LogP contribution < -0.4 is 9.64 Å². The highest BCUT2D eigenvalue weighted by molar-refractivity contribution is 6.35. The molecule has 1 heterocycles. The lowest BCUT2D eigenvalue weighted by Gasteiger charge is -2.13. The van der Waals surface area contributed by atoms with Crippen LogP contribution in [-0.4, -0.2) is 11.8 Å². The second kappa shape index (κ2) is 5.66. The Morgan fingerprint density at radius 3 is 2.04 bits per heavy atom. The van der Waals surface area contributed by atoms with Crippen LogP contribution >= 0.6 is 0 Å². The minimum absolute atomic E-state index is 0.301. The molecule has 0 saturated heterocycles. The fourth-order valence-electron chi connectivity index (χ4n) is 2.77. The highest BCUT2D eigenvalue weighted by atomic mass is 16.5. The summed E-state index contributed by atoms with van der Waals surface area (Å²) in [6.07, 6.45) is 0. The van der Waals surface area contributed by atoms with E-state index in [1.165, 1.54) is 4.90 Å². The standard InChI is InChI=1S/C20H13NO3/c22-19-16-12-7-13-17(24-15-10-5-2-6-11-15)18(16)20(23)21(19)14-8-3-1-4-9-14/h1-13H. The van der Waals surface area contributed by atoms with Crippen molar-refractivity contribution in [3.05, 3.63) is 90.0 Å². The van der Waals surface area contributed by atoms with Gasteiger partial charge in [0.15, 0.2) is 0 Å². The van der Waals surface area contributed by atoms with E-state index in [2.05, 4.69) is 0 Å². The number of benzene rings is 3. The van der Waals surface area contributed by atoms with Gasteiger partial charge in [0, 0.05) is 0 Å². The van der Waals surface area contributed by atoms with Crippen LogP contribution in [0.2, 0.25) is 0 Å². The van der Waals surface area contributed by atoms with E-state index in [4.69, 9.17) is 4.74 Å². The number of carbonyl (C=O) groups excluding carboxylic acids is 2. The van der Waals surface area contributed by atoms with E-state index in [0.29, 0.717) is 28.3 Å². The summed E-state index contributed by atoms with van der Waals surface area (Å²) in [5, 5.41) is 0. The Balaban J connectivity index is 1.77. The summed E-state index contributed by atoms with van der Waals surface area (Å²) >= 11 is 0. The maximum absolute atomic E-state index is 12.8. The van der Waals surface area contributed by atoms with Crippen molar-refractivity contribution in [1.29, 1.82) is 0 Å². The van der Waals surface area contributed by atoms with Gasteiger partial charge in [0.2, 0.25) is 0 Å². The van der Waals surface area contributed by atoms with Gasteiger partial charge in [0.25, 0.3) is 11.8 Å². The minimum atomic E-state index is -0.368. The van der Waals surface area contributed by atoms with Gasteiger partial charge in [-0.25, -0.2) is 4.90 Å². The van der Waals surface area contributed by atoms with E-state index in [-0.39, 0.29) is 11.8 Å². The van der Waals surface area contributed by atoms with Crippen LogP contribution in [0.15, 0.2) is 78.9 Å². The number of amides is 2. The first-order valence-corrected chi connectivity index (χ1v) is 7.55. The van der Waals surface area contributed by atoms with Crippen LogP contribution in [0.1, 0.15) is 20.7 Å². The molecule has 0 fully saturated rings. The second-order valence-corrected chi connectivity index (χ2v) is 5.38. The number of hydrogen-bond acceptors (Lipinski definition) is 3. The molecule has 0 bridgehead atoms. The first kappa shape index (κ1) is 14.2. The lowest BCUT2D eigenvalue weighted by Crippen LogP contribution is -2.29. The maximum atomic E-state index is 12.8. The second-order valence-electron chi connectivity index (χ2n) is 5.38. The van der Waals surface area contributed by atoms with Crippen LogP contribution in [-0.2, 0) is 0 Å². The van der Waals surface area contributed by atoms with Gasteiger partial charge in [0.1, 0.15) is 11.5 Å².